The number of methoxy groups -OCH3 is 1. The quantitative estimate of drug-likeness (QED) is 0.529. The van der Waals surface area contributed by atoms with E-state index in [1.807, 2.05) is 18.2 Å². The Morgan fingerprint density at radius 1 is 0.800 bits per heavy atom. The van der Waals surface area contributed by atoms with Gasteiger partial charge in [0.05, 0.1) is 13.7 Å². The predicted octanol–water partition coefficient (Wildman–Crippen LogP) is 5.33. The second-order valence-corrected chi connectivity index (χ2v) is 6.36. The van der Waals surface area contributed by atoms with Gasteiger partial charge in [-0.1, -0.05) is 56.9 Å². The van der Waals surface area contributed by atoms with Crippen molar-refractivity contribution in [3.8, 4) is 11.5 Å². The summed E-state index contributed by atoms with van der Waals surface area (Å²) in [5.74, 6) is 1.86. The molecule has 136 valence electrons. The Kier molecular flexibility index (Phi) is 8.92. The molecule has 0 heterocycles. The van der Waals surface area contributed by atoms with Crippen molar-refractivity contribution in [3.05, 3.63) is 59.7 Å². The zero-order chi connectivity index (χ0) is 17.7. The fraction of sp³-hybridized carbons (Fsp3) is 0.455. The van der Waals surface area contributed by atoms with Gasteiger partial charge >= 0.3 is 0 Å². The van der Waals surface area contributed by atoms with Crippen LogP contribution in [0.25, 0.3) is 0 Å². The van der Waals surface area contributed by atoms with Crippen molar-refractivity contribution >= 4 is 0 Å². The largest absolute Gasteiger partial charge is 0.497 e. The van der Waals surface area contributed by atoms with Crippen molar-refractivity contribution in [1.29, 1.82) is 0 Å². The number of unbranched alkanes of at least 4 members (excludes halogenated alkanes) is 4. The van der Waals surface area contributed by atoms with Crippen LogP contribution in [-0.4, -0.2) is 13.7 Å². The molecule has 2 aromatic rings. The number of hydrogen-bond donors (Lipinski definition) is 1. The summed E-state index contributed by atoms with van der Waals surface area (Å²) >= 11 is 0. The first kappa shape index (κ1) is 19.3. The first-order chi connectivity index (χ1) is 12.3. The third-order valence-electron chi connectivity index (χ3n) is 4.23. The SMILES string of the molecule is CCCCCCCOc1cccc(CNCc2ccc(OC)cc2)c1. The molecule has 3 heteroatoms. The first-order valence-corrected chi connectivity index (χ1v) is 9.37. The highest BCUT2D eigenvalue weighted by Gasteiger charge is 1.99. The summed E-state index contributed by atoms with van der Waals surface area (Å²) in [6.07, 6.45) is 6.33. The molecule has 0 radical (unpaired) electrons. The molecule has 25 heavy (non-hydrogen) atoms. The Morgan fingerprint density at radius 3 is 2.32 bits per heavy atom. The molecule has 0 aliphatic carbocycles. The van der Waals surface area contributed by atoms with Gasteiger partial charge in [-0.05, 0) is 41.8 Å². The second kappa shape index (κ2) is 11.5. The highest BCUT2D eigenvalue weighted by molar-refractivity contribution is 5.29. The van der Waals surface area contributed by atoms with E-state index in [0.29, 0.717) is 0 Å². The number of benzene rings is 2. The molecule has 2 rings (SSSR count). The van der Waals surface area contributed by atoms with Crippen LogP contribution in [0.5, 0.6) is 11.5 Å². The van der Waals surface area contributed by atoms with Gasteiger partial charge in [-0.25, -0.2) is 0 Å². The first-order valence-electron chi connectivity index (χ1n) is 9.37. The van der Waals surface area contributed by atoms with Crippen molar-refractivity contribution in [2.24, 2.45) is 0 Å². The van der Waals surface area contributed by atoms with Gasteiger partial charge in [0.25, 0.3) is 0 Å². The molecule has 0 fully saturated rings. The van der Waals surface area contributed by atoms with E-state index < -0.39 is 0 Å². The van der Waals surface area contributed by atoms with Crippen LogP contribution in [-0.2, 0) is 13.1 Å². The molecule has 0 aliphatic rings. The molecule has 0 spiro atoms. The topological polar surface area (TPSA) is 30.5 Å². The third kappa shape index (κ3) is 7.61. The number of rotatable bonds is 12. The summed E-state index contributed by atoms with van der Waals surface area (Å²) < 4.78 is 11.1. The second-order valence-electron chi connectivity index (χ2n) is 6.36. The Balaban J connectivity index is 1.69. The molecule has 0 unspecified atom stereocenters. The minimum Gasteiger partial charge on any atom is -0.497 e. The van der Waals surface area contributed by atoms with Gasteiger partial charge in [-0.15, -0.1) is 0 Å². The summed E-state index contributed by atoms with van der Waals surface area (Å²) in [4.78, 5) is 0. The van der Waals surface area contributed by atoms with Crippen molar-refractivity contribution in [1.82, 2.24) is 5.32 Å². The molecular formula is C22H31NO2. The maximum atomic E-state index is 5.88. The Hall–Kier alpha value is -2.00. The minimum atomic E-state index is 0.812. The van der Waals surface area contributed by atoms with E-state index in [2.05, 4.69) is 42.6 Å². The third-order valence-corrected chi connectivity index (χ3v) is 4.23. The smallest absolute Gasteiger partial charge is 0.119 e. The number of nitrogens with one attached hydrogen (secondary N) is 1. The number of ether oxygens (including phenoxy) is 2. The van der Waals surface area contributed by atoms with Crippen LogP contribution in [0.3, 0.4) is 0 Å². The van der Waals surface area contributed by atoms with Crippen LogP contribution in [0.15, 0.2) is 48.5 Å². The van der Waals surface area contributed by atoms with Gasteiger partial charge in [0, 0.05) is 13.1 Å². The standard InChI is InChI=1S/C22H31NO2/c1-3-4-5-6-7-15-25-22-10-8-9-20(16-22)18-23-17-19-11-13-21(24-2)14-12-19/h8-14,16,23H,3-7,15,17-18H2,1-2H3. The van der Waals surface area contributed by atoms with Crippen LogP contribution in [0.2, 0.25) is 0 Å². The molecule has 0 bridgehead atoms. The molecule has 3 nitrogen and oxygen atoms in total. The summed E-state index contributed by atoms with van der Waals surface area (Å²) in [5.41, 5.74) is 2.50. The lowest BCUT2D eigenvalue weighted by atomic mass is 10.1. The van der Waals surface area contributed by atoms with E-state index in [4.69, 9.17) is 9.47 Å². The fourth-order valence-corrected chi connectivity index (χ4v) is 2.74. The lowest BCUT2D eigenvalue weighted by Crippen LogP contribution is -2.12. The highest BCUT2D eigenvalue weighted by Crippen LogP contribution is 2.15. The van der Waals surface area contributed by atoms with E-state index in [0.717, 1.165) is 37.6 Å². The Labute approximate surface area is 152 Å². The van der Waals surface area contributed by atoms with Gasteiger partial charge in [-0.2, -0.15) is 0 Å². The maximum absolute atomic E-state index is 5.88. The number of hydrogen-bond acceptors (Lipinski definition) is 3. The molecule has 0 saturated carbocycles. The van der Waals surface area contributed by atoms with E-state index >= 15 is 0 Å². The van der Waals surface area contributed by atoms with Crippen molar-refractivity contribution in [3.63, 3.8) is 0 Å². The zero-order valence-electron chi connectivity index (χ0n) is 15.6. The summed E-state index contributed by atoms with van der Waals surface area (Å²) in [6, 6.07) is 16.5. The van der Waals surface area contributed by atoms with Crippen LogP contribution in [0, 0.1) is 0 Å². The van der Waals surface area contributed by atoms with Crippen molar-refractivity contribution < 1.29 is 9.47 Å². The van der Waals surface area contributed by atoms with Gasteiger partial charge in [0.1, 0.15) is 11.5 Å². The Morgan fingerprint density at radius 2 is 1.56 bits per heavy atom. The van der Waals surface area contributed by atoms with E-state index in [1.54, 1.807) is 7.11 Å². The molecule has 0 amide bonds. The monoisotopic (exact) mass is 341 g/mol. The molecule has 2 aromatic carbocycles. The van der Waals surface area contributed by atoms with Gasteiger partial charge < -0.3 is 14.8 Å². The van der Waals surface area contributed by atoms with Crippen LogP contribution < -0.4 is 14.8 Å². The summed E-state index contributed by atoms with van der Waals surface area (Å²) in [5, 5.41) is 3.48. The fourth-order valence-electron chi connectivity index (χ4n) is 2.74. The molecular weight excluding hydrogens is 310 g/mol. The van der Waals surface area contributed by atoms with Crippen LogP contribution in [0.4, 0.5) is 0 Å². The summed E-state index contributed by atoms with van der Waals surface area (Å²) in [7, 11) is 1.69. The lowest BCUT2D eigenvalue weighted by Gasteiger charge is -2.09. The molecule has 0 aliphatic heterocycles. The molecule has 0 aromatic heterocycles. The van der Waals surface area contributed by atoms with Gasteiger partial charge in [0.2, 0.25) is 0 Å². The Bertz CT molecular complexity index is 595. The van der Waals surface area contributed by atoms with E-state index in [-0.39, 0.29) is 0 Å². The molecule has 0 atom stereocenters. The molecule has 1 N–H and O–H groups in total. The summed E-state index contributed by atoms with van der Waals surface area (Å²) in [6.45, 7) is 4.73. The van der Waals surface area contributed by atoms with Gasteiger partial charge in [-0.3, -0.25) is 0 Å². The maximum Gasteiger partial charge on any atom is 0.119 e. The lowest BCUT2D eigenvalue weighted by molar-refractivity contribution is 0.304. The average Bonchev–Trinajstić information content (AvgIpc) is 2.65. The minimum absolute atomic E-state index is 0.812. The predicted molar refractivity (Wildman–Crippen MR) is 104 cm³/mol. The van der Waals surface area contributed by atoms with Crippen molar-refractivity contribution in [2.75, 3.05) is 13.7 Å². The van der Waals surface area contributed by atoms with Crippen molar-refractivity contribution in [2.45, 2.75) is 52.1 Å². The zero-order valence-corrected chi connectivity index (χ0v) is 15.6. The van der Waals surface area contributed by atoms with E-state index in [9.17, 15) is 0 Å². The van der Waals surface area contributed by atoms with Gasteiger partial charge in [0.15, 0.2) is 0 Å². The molecule has 0 saturated heterocycles. The normalized spacial score (nSPS) is 10.6. The van der Waals surface area contributed by atoms with Crippen LogP contribution >= 0.6 is 0 Å². The van der Waals surface area contributed by atoms with E-state index in [1.165, 1.54) is 36.8 Å². The highest BCUT2D eigenvalue weighted by atomic mass is 16.5. The average molecular weight is 341 g/mol. The van der Waals surface area contributed by atoms with Crippen LogP contribution in [0.1, 0.15) is 50.2 Å².